The highest BCUT2D eigenvalue weighted by Gasteiger charge is 2.27. The fourth-order valence-corrected chi connectivity index (χ4v) is 8.66. The van der Waals surface area contributed by atoms with E-state index in [4.69, 9.17) is 9.05 Å². The first-order chi connectivity index (χ1) is 30.0. The average Bonchev–Trinajstić information content (AvgIpc) is 3.23. The minimum Gasteiger partial charge on any atom is -0.387 e. The number of allylic oxidation sites excluding steroid dienone is 3. The zero-order valence-electron chi connectivity index (χ0n) is 41.9. The summed E-state index contributed by atoms with van der Waals surface area (Å²) in [6.45, 7) is 4.81. The number of phosphoric acid groups is 1. The van der Waals surface area contributed by atoms with Gasteiger partial charge in [-0.2, -0.15) is 0 Å². The van der Waals surface area contributed by atoms with Gasteiger partial charge in [0.25, 0.3) is 0 Å². The number of nitrogens with zero attached hydrogens (tertiary/aromatic N) is 1. The van der Waals surface area contributed by atoms with E-state index in [1.807, 2.05) is 27.2 Å². The molecule has 0 aromatic carbocycles. The summed E-state index contributed by atoms with van der Waals surface area (Å²) in [6.07, 6.45) is 55.7. The van der Waals surface area contributed by atoms with Crippen LogP contribution in [0.4, 0.5) is 0 Å². The number of rotatable bonds is 49. The highest BCUT2D eigenvalue weighted by Crippen LogP contribution is 2.43. The van der Waals surface area contributed by atoms with Gasteiger partial charge in [-0.1, -0.05) is 231 Å². The second-order valence-corrected chi connectivity index (χ2v) is 21.1. The van der Waals surface area contributed by atoms with E-state index in [0.717, 1.165) is 38.5 Å². The van der Waals surface area contributed by atoms with Crippen LogP contribution in [0.1, 0.15) is 258 Å². The van der Waals surface area contributed by atoms with Crippen LogP contribution < -0.4 is 5.32 Å². The molecule has 1 amide bonds. The van der Waals surface area contributed by atoms with Gasteiger partial charge in [-0.05, 0) is 44.9 Å². The smallest absolute Gasteiger partial charge is 0.387 e. The standard InChI is InChI=1S/C53H105N2O6P/c1-6-8-10-12-14-16-18-19-20-21-22-23-24-25-26-27-28-29-30-31-32-33-34-35-36-37-39-41-43-45-47-53(57)54-51(50-61-62(58,59)60-49-48-55(3,4)5)52(56)46-44-42-40-38-17-15-13-11-9-7-2/h25-26,44,46,51-52,56H,6-24,27-43,45,47-50H2,1-5H3,(H-,54,57,58,59)/p+1/b26-25-,46-44+. The minimum atomic E-state index is -4.33. The Kier molecular flexibility index (Phi) is 44.4. The van der Waals surface area contributed by atoms with Crippen LogP contribution in [-0.4, -0.2) is 73.4 Å². The fraction of sp³-hybridized carbons (Fsp3) is 0.906. The van der Waals surface area contributed by atoms with Crippen molar-refractivity contribution in [1.82, 2.24) is 5.32 Å². The number of hydrogen-bond acceptors (Lipinski definition) is 5. The molecule has 368 valence electrons. The lowest BCUT2D eigenvalue weighted by atomic mass is 10.0. The molecule has 3 N–H and O–H groups in total. The molecule has 0 spiro atoms. The Hall–Kier alpha value is -1.02. The van der Waals surface area contributed by atoms with Crippen LogP contribution in [0.2, 0.25) is 0 Å². The van der Waals surface area contributed by atoms with Crippen LogP contribution in [-0.2, 0) is 18.4 Å². The molecular weight excluding hydrogens is 792 g/mol. The Morgan fingerprint density at radius 2 is 0.871 bits per heavy atom. The number of aliphatic hydroxyl groups excluding tert-OH is 1. The maximum absolute atomic E-state index is 12.9. The van der Waals surface area contributed by atoms with Crippen LogP contribution in [0.3, 0.4) is 0 Å². The highest BCUT2D eigenvalue weighted by atomic mass is 31.2. The number of amides is 1. The number of aliphatic hydroxyl groups is 1. The third kappa shape index (κ3) is 47.0. The molecule has 0 heterocycles. The van der Waals surface area contributed by atoms with Crippen molar-refractivity contribution in [2.24, 2.45) is 0 Å². The number of quaternary nitrogens is 1. The highest BCUT2D eigenvalue weighted by molar-refractivity contribution is 7.47. The summed E-state index contributed by atoms with van der Waals surface area (Å²) in [5.41, 5.74) is 0. The Labute approximate surface area is 385 Å². The quantitative estimate of drug-likeness (QED) is 0.0243. The number of carbonyl (C=O) groups excluding carboxylic acids is 1. The third-order valence-corrected chi connectivity index (χ3v) is 13.1. The number of likely N-dealkylation sites (N-methyl/N-ethyl adjacent to an activating group) is 1. The second-order valence-electron chi connectivity index (χ2n) is 19.6. The van der Waals surface area contributed by atoms with Crippen LogP contribution in [0, 0.1) is 0 Å². The molecular formula is C53H106N2O6P+. The lowest BCUT2D eigenvalue weighted by molar-refractivity contribution is -0.870. The second kappa shape index (κ2) is 45.1. The molecule has 0 aromatic heterocycles. The molecule has 62 heavy (non-hydrogen) atoms. The van der Waals surface area contributed by atoms with Gasteiger partial charge in [-0.15, -0.1) is 0 Å². The Bertz CT molecular complexity index is 1060. The Morgan fingerprint density at radius 1 is 0.532 bits per heavy atom. The first kappa shape index (κ1) is 61.0. The SMILES string of the molecule is CCCCCCCCCC/C=C/C(O)C(COP(=O)(O)OCC[N+](C)(C)C)NC(=O)CCCCCCCCCCCCCCCC/C=C\CCCCCCCCCCCCCC. The van der Waals surface area contributed by atoms with Crippen molar-refractivity contribution in [2.75, 3.05) is 40.9 Å². The summed E-state index contributed by atoms with van der Waals surface area (Å²) in [4.78, 5) is 23.1. The predicted molar refractivity (Wildman–Crippen MR) is 268 cm³/mol. The van der Waals surface area contributed by atoms with Gasteiger partial charge in [-0.25, -0.2) is 4.57 Å². The van der Waals surface area contributed by atoms with Crippen LogP contribution in [0.25, 0.3) is 0 Å². The summed E-state index contributed by atoms with van der Waals surface area (Å²) in [5, 5.41) is 13.8. The largest absolute Gasteiger partial charge is 0.472 e. The van der Waals surface area contributed by atoms with Crippen LogP contribution in [0.15, 0.2) is 24.3 Å². The van der Waals surface area contributed by atoms with Gasteiger partial charge in [0.05, 0.1) is 39.9 Å². The number of phosphoric ester groups is 1. The summed E-state index contributed by atoms with van der Waals surface area (Å²) < 4.78 is 23.6. The van der Waals surface area contributed by atoms with Crippen LogP contribution >= 0.6 is 7.82 Å². The lowest BCUT2D eigenvalue weighted by Crippen LogP contribution is -2.45. The molecule has 0 aliphatic carbocycles. The van der Waals surface area contributed by atoms with Gasteiger partial charge in [0.1, 0.15) is 13.2 Å². The molecule has 0 rings (SSSR count). The molecule has 0 aliphatic rings. The van der Waals surface area contributed by atoms with E-state index in [1.54, 1.807) is 6.08 Å². The maximum Gasteiger partial charge on any atom is 0.472 e. The van der Waals surface area contributed by atoms with Gasteiger partial charge in [0, 0.05) is 6.42 Å². The van der Waals surface area contributed by atoms with Crippen molar-refractivity contribution < 1.29 is 32.9 Å². The number of nitrogens with one attached hydrogen (secondary N) is 1. The van der Waals surface area contributed by atoms with E-state index in [2.05, 4.69) is 31.3 Å². The molecule has 0 aliphatic heterocycles. The monoisotopic (exact) mass is 898 g/mol. The predicted octanol–water partition coefficient (Wildman–Crippen LogP) is 15.6. The van der Waals surface area contributed by atoms with Crippen molar-refractivity contribution in [3.05, 3.63) is 24.3 Å². The lowest BCUT2D eigenvalue weighted by Gasteiger charge is -2.25. The van der Waals surface area contributed by atoms with Crippen molar-refractivity contribution in [3.8, 4) is 0 Å². The fourth-order valence-electron chi connectivity index (χ4n) is 7.92. The van der Waals surface area contributed by atoms with E-state index >= 15 is 0 Å². The van der Waals surface area contributed by atoms with Gasteiger partial charge in [0.2, 0.25) is 5.91 Å². The molecule has 8 nitrogen and oxygen atoms in total. The van der Waals surface area contributed by atoms with Crippen molar-refractivity contribution in [1.29, 1.82) is 0 Å². The molecule has 3 atom stereocenters. The maximum atomic E-state index is 12.9. The van der Waals surface area contributed by atoms with E-state index in [9.17, 15) is 19.4 Å². The topological polar surface area (TPSA) is 105 Å². The van der Waals surface area contributed by atoms with Gasteiger partial charge in [0.15, 0.2) is 0 Å². The zero-order chi connectivity index (χ0) is 45.7. The number of carbonyl (C=O) groups is 1. The summed E-state index contributed by atoms with van der Waals surface area (Å²) in [7, 11) is 1.58. The van der Waals surface area contributed by atoms with Crippen molar-refractivity contribution in [3.63, 3.8) is 0 Å². The van der Waals surface area contributed by atoms with E-state index in [0.29, 0.717) is 17.4 Å². The number of unbranched alkanes of at least 4 members (excludes halogenated alkanes) is 34. The van der Waals surface area contributed by atoms with E-state index < -0.39 is 20.0 Å². The van der Waals surface area contributed by atoms with Gasteiger partial charge < -0.3 is 19.8 Å². The van der Waals surface area contributed by atoms with Crippen molar-refractivity contribution in [2.45, 2.75) is 270 Å². The van der Waals surface area contributed by atoms with Crippen LogP contribution in [0.5, 0.6) is 0 Å². The van der Waals surface area contributed by atoms with Crippen molar-refractivity contribution >= 4 is 13.7 Å². The Balaban J connectivity index is 4.00. The Morgan fingerprint density at radius 3 is 1.24 bits per heavy atom. The molecule has 0 fully saturated rings. The average molecular weight is 898 g/mol. The summed E-state index contributed by atoms with van der Waals surface area (Å²) >= 11 is 0. The zero-order valence-corrected chi connectivity index (χ0v) is 42.8. The molecule has 0 radical (unpaired) electrons. The van der Waals surface area contributed by atoms with Gasteiger partial charge >= 0.3 is 7.82 Å². The van der Waals surface area contributed by atoms with E-state index in [1.165, 1.54) is 199 Å². The summed E-state index contributed by atoms with van der Waals surface area (Å²) in [6, 6.07) is -0.842. The first-order valence-electron chi connectivity index (χ1n) is 26.7. The molecule has 9 heteroatoms. The molecule has 3 unspecified atom stereocenters. The third-order valence-electron chi connectivity index (χ3n) is 12.2. The minimum absolute atomic E-state index is 0.0630. The molecule has 0 aromatic rings. The summed E-state index contributed by atoms with van der Waals surface area (Å²) in [5.74, 6) is -0.176. The number of hydrogen-bond donors (Lipinski definition) is 3. The molecule has 0 saturated heterocycles. The first-order valence-corrected chi connectivity index (χ1v) is 28.2. The molecule has 0 bridgehead atoms. The normalized spacial score (nSPS) is 14.2. The molecule has 0 saturated carbocycles. The van der Waals surface area contributed by atoms with E-state index in [-0.39, 0.29) is 19.1 Å². The van der Waals surface area contributed by atoms with Gasteiger partial charge in [-0.3, -0.25) is 13.8 Å².